The van der Waals surface area contributed by atoms with E-state index in [0.29, 0.717) is 6.61 Å². The second kappa shape index (κ2) is 3.13. The van der Waals surface area contributed by atoms with E-state index < -0.39 is 0 Å². The fourth-order valence-electron chi connectivity index (χ4n) is 0.657. The van der Waals surface area contributed by atoms with Crippen molar-refractivity contribution >= 4 is 8.69 Å². The number of ether oxygens (including phenoxy) is 1. The van der Waals surface area contributed by atoms with Crippen LogP contribution in [0.25, 0.3) is 0 Å². The molecule has 3 nitrogen and oxygen atoms in total. The smallest absolute Gasteiger partial charge is 0.327 e. The molecule has 0 aromatic rings. The Morgan fingerprint density at radius 1 is 1.75 bits per heavy atom. The molecule has 1 unspecified atom stereocenters. The SMILES string of the molecule is O=POC1CCOC1. The van der Waals surface area contributed by atoms with Crippen LogP contribution < -0.4 is 0 Å². The molecule has 1 aliphatic heterocycles. The zero-order valence-corrected chi connectivity index (χ0v) is 5.27. The lowest BCUT2D eigenvalue weighted by Crippen LogP contribution is -2.04. The van der Waals surface area contributed by atoms with Gasteiger partial charge in [0.25, 0.3) is 0 Å². The third kappa shape index (κ3) is 1.51. The van der Waals surface area contributed by atoms with Crippen LogP contribution in [0.2, 0.25) is 0 Å². The van der Waals surface area contributed by atoms with E-state index in [1.165, 1.54) is 0 Å². The van der Waals surface area contributed by atoms with Gasteiger partial charge in [-0.2, -0.15) is 0 Å². The first-order valence-electron chi connectivity index (χ1n) is 2.49. The summed E-state index contributed by atoms with van der Waals surface area (Å²) in [5.74, 6) is 0. The van der Waals surface area contributed by atoms with Crippen LogP contribution >= 0.6 is 8.69 Å². The van der Waals surface area contributed by atoms with E-state index in [2.05, 4.69) is 0 Å². The van der Waals surface area contributed by atoms with Crippen LogP contribution in [0.4, 0.5) is 0 Å². The zero-order valence-electron chi connectivity index (χ0n) is 4.37. The summed E-state index contributed by atoms with van der Waals surface area (Å²) in [6.07, 6.45) is 0.934. The van der Waals surface area contributed by atoms with Gasteiger partial charge in [-0.1, -0.05) is 0 Å². The van der Waals surface area contributed by atoms with Crippen molar-refractivity contribution in [2.24, 2.45) is 0 Å². The molecule has 0 bridgehead atoms. The van der Waals surface area contributed by atoms with E-state index >= 15 is 0 Å². The minimum atomic E-state index is -0.235. The van der Waals surface area contributed by atoms with Gasteiger partial charge in [-0.15, -0.1) is 0 Å². The number of hydrogen-bond acceptors (Lipinski definition) is 3. The van der Waals surface area contributed by atoms with E-state index in [1.807, 2.05) is 0 Å². The Bertz CT molecular complexity index is 79.4. The molecule has 1 saturated heterocycles. The molecule has 0 spiro atoms. The van der Waals surface area contributed by atoms with E-state index in [4.69, 9.17) is 9.26 Å². The van der Waals surface area contributed by atoms with Crippen molar-refractivity contribution in [1.82, 2.24) is 0 Å². The monoisotopic (exact) mass is 134 g/mol. The Hall–Kier alpha value is 0.0200. The third-order valence-corrected chi connectivity index (χ3v) is 1.46. The molecule has 0 saturated carbocycles. The first-order chi connectivity index (χ1) is 3.93. The normalized spacial score (nSPS) is 29.2. The van der Waals surface area contributed by atoms with Crippen molar-refractivity contribution in [3.63, 3.8) is 0 Å². The van der Waals surface area contributed by atoms with Crippen molar-refractivity contribution in [2.75, 3.05) is 13.2 Å². The fourth-order valence-corrected chi connectivity index (χ4v) is 0.945. The summed E-state index contributed by atoms with van der Waals surface area (Å²) in [6.45, 7) is 1.33. The summed E-state index contributed by atoms with van der Waals surface area (Å²) in [6, 6.07) is 0. The first-order valence-corrected chi connectivity index (χ1v) is 3.22. The number of rotatable bonds is 2. The van der Waals surface area contributed by atoms with Gasteiger partial charge in [-0.05, 0) is 0 Å². The van der Waals surface area contributed by atoms with Crippen molar-refractivity contribution in [2.45, 2.75) is 12.5 Å². The van der Waals surface area contributed by atoms with Crippen LogP contribution in [0.15, 0.2) is 0 Å². The fraction of sp³-hybridized carbons (Fsp3) is 1.00. The molecule has 0 aromatic heterocycles. The lowest BCUT2D eigenvalue weighted by atomic mass is 10.3. The third-order valence-electron chi connectivity index (χ3n) is 1.08. The molecule has 0 amide bonds. The van der Waals surface area contributed by atoms with Crippen LogP contribution in [-0.4, -0.2) is 19.3 Å². The summed E-state index contributed by atoms with van der Waals surface area (Å²) in [4.78, 5) is 0. The zero-order chi connectivity index (χ0) is 5.82. The molecule has 0 aliphatic carbocycles. The lowest BCUT2D eigenvalue weighted by molar-refractivity contribution is 0.149. The predicted octanol–water partition coefficient (Wildman–Crippen LogP) is 0.999. The van der Waals surface area contributed by atoms with Gasteiger partial charge in [0.2, 0.25) is 0 Å². The highest BCUT2D eigenvalue weighted by atomic mass is 31.1. The van der Waals surface area contributed by atoms with Crippen LogP contribution in [0.5, 0.6) is 0 Å². The van der Waals surface area contributed by atoms with Gasteiger partial charge in [0.05, 0.1) is 12.7 Å². The molecule has 0 radical (unpaired) electrons. The second-order valence-electron chi connectivity index (χ2n) is 1.67. The maximum Gasteiger partial charge on any atom is 0.327 e. The second-order valence-corrected chi connectivity index (χ2v) is 2.03. The minimum absolute atomic E-state index is 0.0640. The molecule has 4 heteroatoms. The maximum atomic E-state index is 9.78. The van der Waals surface area contributed by atoms with Crippen molar-refractivity contribution in [3.05, 3.63) is 0 Å². The molecule has 1 aliphatic rings. The Morgan fingerprint density at radius 2 is 2.62 bits per heavy atom. The maximum absolute atomic E-state index is 9.78. The Kier molecular flexibility index (Phi) is 2.40. The van der Waals surface area contributed by atoms with Gasteiger partial charge in [0.15, 0.2) is 0 Å². The molecule has 1 heterocycles. The minimum Gasteiger partial charge on any atom is -0.379 e. The van der Waals surface area contributed by atoms with Crippen LogP contribution in [-0.2, 0) is 13.8 Å². The average Bonchev–Trinajstić information content (AvgIpc) is 2.19. The Labute approximate surface area is 49.3 Å². The highest BCUT2D eigenvalue weighted by molar-refractivity contribution is 7.17. The summed E-state index contributed by atoms with van der Waals surface area (Å²) in [5.41, 5.74) is 0. The van der Waals surface area contributed by atoms with Crippen molar-refractivity contribution in [1.29, 1.82) is 0 Å². The molecular formula is C4H7O3P. The molecule has 1 rings (SSSR count). The van der Waals surface area contributed by atoms with Gasteiger partial charge in [0.1, 0.15) is 0 Å². The summed E-state index contributed by atoms with van der Waals surface area (Å²) < 4.78 is 19.4. The Balaban J connectivity index is 2.14. The standard InChI is InChI=1S/C4H7O3P/c5-8-7-4-1-2-6-3-4/h4H,1-3H2. The van der Waals surface area contributed by atoms with Crippen LogP contribution in [0.1, 0.15) is 6.42 Å². The first kappa shape index (κ1) is 6.14. The predicted molar refractivity (Wildman–Crippen MR) is 27.9 cm³/mol. The van der Waals surface area contributed by atoms with Crippen LogP contribution in [0, 0.1) is 0 Å². The molecular weight excluding hydrogens is 127 g/mol. The molecule has 0 aromatic carbocycles. The van der Waals surface area contributed by atoms with E-state index in [-0.39, 0.29) is 14.8 Å². The summed E-state index contributed by atoms with van der Waals surface area (Å²) in [7, 11) is -0.235. The van der Waals surface area contributed by atoms with Gasteiger partial charge in [-0.3, -0.25) is 4.52 Å². The topological polar surface area (TPSA) is 35.5 Å². The molecule has 1 atom stereocenters. The van der Waals surface area contributed by atoms with Gasteiger partial charge < -0.3 is 4.74 Å². The molecule has 46 valence electrons. The highest BCUT2D eigenvalue weighted by Gasteiger charge is 2.15. The number of hydrogen-bond donors (Lipinski definition) is 0. The average molecular weight is 134 g/mol. The van der Waals surface area contributed by atoms with Gasteiger partial charge in [-0.25, -0.2) is 4.57 Å². The molecule has 1 fully saturated rings. The Morgan fingerprint density at radius 3 is 3.12 bits per heavy atom. The van der Waals surface area contributed by atoms with E-state index in [0.717, 1.165) is 13.0 Å². The van der Waals surface area contributed by atoms with E-state index in [9.17, 15) is 4.57 Å². The highest BCUT2D eigenvalue weighted by Crippen LogP contribution is 2.12. The molecule has 8 heavy (non-hydrogen) atoms. The van der Waals surface area contributed by atoms with Crippen molar-refractivity contribution < 1.29 is 13.8 Å². The largest absolute Gasteiger partial charge is 0.379 e. The molecule has 0 N–H and O–H groups in total. The van der Waals surface area contributed by atoms with E-state index in [1.54, 1.807) is 0 Å². The van der Waals surface area contributed by atoms with Gasteiger partial charge >= 0.3 is 8.69 Å². The quantitative estimate of drug-likeness (QED) is 0.528. The summed E-state index contributed by atoms with van der Waals surface area (Å²) in [5, 5.41) is 0. The van der Waals surface area contributed by atoms with Gasteiger partial charge in [0, 0.05) is 13.0 Å². The van der Waals surface area contributed by atoms with Crippen LogP contribution in [0.3, 0.4) is 0 Å². The summed E-state index contributed by atoms with van der Waals surface area (Å²) >= 11 is 0. The lowest BCUT2D eigenvalue weighted by Gasteiger charge is -1.97. The van der Waals surface area contributed by atoms with Crippen molar-refractivity contribution in [3.8, 4) is 0 Å².